The molecule has 108 valence electrons. The Morgan fingerprint density at radius 1 is 1.16 bits per heavy atom. The smallest absolute Gasteiger partial charge is 0.213 e. The molecule has 0 aliphatic rings. The highest BCUT2D eigenvalue weighted by molar-refractivity contribution is 6.79. The topological polar surface area (TPSA) is 22.1 Å². The lowest BCUT2D eigenvalue weighted by Crippen LogP contribution is -2.31. The van der Waals surface area contributed by atoms with Gasteiger partial charge < -0.3 is 4.74 Å². The number of ether oxygens (including phenoxy) is 1. The largest absolute Gasteiger partial charge is 0.477 e. The molecule has 0 aliphatic heterocycles. The fourth-order valence-electron chi connectivity index (χ4n) is 2.58. The molecule has 1 unspecified atom stereocenters. The molecule has 0 N–H and O–H groups in total. The molecule has 2 nitrogen and oxygen atoms in total. The van der Waals surface area contributed by atoms with Crippen molar-refractivity contribution in [3.8, 4) is 5.88 Å². The number of aromatic nitrogens is 1. The molecule has 1 aromatic heterocycles. The van der Waals surface area contributed by atoms with Crippen LogP contribution in [0, 0.1) is 5.92 Å². The summed E-state index contributed by atoms with van der Waals surface area (Å²) >= 11 is 0. The molecule has 1 atom stereocenters. The Balaban J connectivity index is 2.33. The molecule has 1 rings (SSSR count). The minimum Gasteiger partial charge on any atom is -0.477 e. The third kappa shape index (κ3) is 5.35. The second-order valence-electron chi connectivity index (χ2n) is 5.68. The maximum absolute atomic E-state index is 5.74. The Hall–Kier alpha value is -0.833. The summed E-state index contributed by atoms with van der Waals surface area (Å²) in [4.78, 5) is 4.19. The summed E-state index contributed by atoms with van der Waals surface area (Å²) in [5.74, 6) is 1.37. The maximum Gasteiger partial charge on any atom is 0.213 e. The molecule has 1 heterocycles. The van der Waals surface area contributed by atoms with Gasteiger partial charge in [-0.25, -0.2) is 4.98 Å². The Bertz CT molecular complexity index is 330. The van der Waals surface area contributed by atoms with E-state index in [4.69, 9.17) is 4.74 Å². The lowest BCUT2D eigenvalue weighted by Gasteiger charge is -2.29. The first-order chi connectivity index (χ1) is 9.15. The number of nitrogens with zero attached hydrogens (tertiary/aromatic N) is 1. The second-order valence-corrected chi connectivity index (χ2v) is 11.3. The predicted octanol–water partition coefficient (Wildman–Crippen LogP) is 5.00. The van der Waals surface area contributed by atoms with Crippen molar-refractivity contribution >= 4 is 8.07 Å². The summed E-state index contributed by atoms with van der Waals surface area (Å²) in [6.45, 7) is 10.2. The molecule has 0 saturated carbocycles. The van der Waals surface area contributed by atoms with E-state index in [0.29, 0.717) is 5.92 Å². The molecule has 0 fully saturated rings. The third-order valence-electron chi connectivity index (χ3n) is 4.57. The van der Waals surface area contributed by atoms with E-state index in [1.165, 1.54) is 30.6 Å². The molecule has 0 saturated heterocycles. The summed E-state index contributed by atoms with van der Waals surface area (Å²) in [5.41, 5.74) is 0. The van der Waals surface area contributed by atoms with Crippen LogP contribution in [0.25, 0.3) is 0 Å². The van der Waals surface area contributed by atoms with E-state index in [9.17, 15) is 0 Å². The van der Waals surface area contributed by atoms with E-state index < -0.39 is 8.07 Å². The average molecular weight is 279 g/mol. The van der Waals surface area contributed by atoms with E-state index in [1.807, 2.05) is 18.2 Å². The second kappa shape index (κ2) is 8.36. The van der Waals surface area contributed by atoms with E-state index in [1.54, 1.807) is 6.20 Å². The van der Waals surface area contributed by atoms with Crippen LogP contribution in [0.2, 0.25) is 24.2 Å². The highest BCUT2D eigenvalue weighted by atomic mass is 28.3. The van der Waals surface area contributed by atoms with E-state index in [-0.39, 0.29) is 0 Å². The minimum absolute atomic E-state index is 0.624. The minimum atomic E-state index is -0.960. The van der Waals surface area contributed by atoms with Crippen LogP contribution in [0.1, 0.15) is 34.1 Å². The highest BCUT2D eigenvalue weighted by Crippen LogP contribution is 2.28. The molecule has 3 heteroatoms. The van der Waals surface area contributed by atoms with Gasteiger partial charge in [0.05, 0.1) is 14.7 Å². The van der Waals surface area contributed by atoms with Crippen molar-refractivity contribution < 1.29 is 4.74 Å². The zero-order valence-electron chi connectivity index (χ0n) is 13.0. The average Bonchev–Trinajstić information content (AvgIpc) is 2.48. The van der Waals surface area contributed by atoms with Crippen molar-refractivity contribution in [2.45, 2.75) is 58.3 Å². The quantitative estimate of drug-likeness (QED) is 0.594. The Labute approximate surface area is 119 Å². The molecule has 19 heavy (non-hydrogen) atoms. The van der Waals surface area contributed by atoms with Crippen molar-refractivity contribution in [2.75, 3.05) is 6.61 Å². The van der Waals surface area contributed by atoms with Crippen LogP contribution in [0.5, 0.6) is 5.88 Å². The normalized spacial score (nSPS) is 13.3. The monoisotopic (exact) mass is 279 g/mol. The van der Waals surface area contributed by atoms with E-state index in [0.717, 1.165) is 12.5 Å². The summed E-state index contributed by atoms with van der Waals surface area (Å²) < 4.78 is 5.74. The van der Waals surface area contributed by atoms with Crippen molar-refractivity contribution in [1.29, 1.82) is 0 Å². The SMILES string of the molecule is CC[Si](CC)(CC)CCC(C)COc1ccccn1. The van der Waals surface area contributed by atoms with Crippen LogP contribution >= 0.6 is 0 Å². The fraction of sp³-hybridized carbons (Fsp3) is 0.688. The Morgan fingerprint density at radius 3 is 2.37 bits per heavy atom. The first-order valence-electron chi connectivity index (χ1n) is 7.69. The number of pyridine rings is 1. The van der Waals surface area contributed by atoms with Crippen LogP contribution < -0.4 is 4.74 Å². The van der Waals surface area contributed by atoms with Gasteiger partial charge in [-0.05, 0) is 18.4 Å². The third-order valence-corrected chi connectivity index (χ3v) is 10.4. The van der Waals surface area contributed by atoms with Gasteiger partial charge in [-0.1, -0.05) is 57.9 Å². The molecular formula is C16H29NOSi. The van der Waals surface area contributed by atoms with Crippen LogP contribution in [0.15, 0.2) is 24.4 Å². The van der Waals surface area contributed by atoms with E-state index >= 15 is 0 Å². The van der Waals surface area contributed by atoms with Crippen molar-refractivity contribution in [3.63, 3.8) is 0 Å². The van der Waals surface area contributed by atoms with Gasteiger partial charge in [0.15, 0.2) is 0 Å². The number of hydrogen-bond donors (Lipinski definition) is 0. The Kier molecular flexibility index (Phi) is 7.14. The van der Waals surface area contributed by atoms with Crippen LogP contribution in [0.3, 0.4) is 0 Å². The number of rotatable bonds is 9. The summed E-state index contributed by atoms with van der Waals surface area (Å²) in [7, 11) is -0.960. The molecule has 1 aromatic rings. The molecule has 0 aliphatic carbocycles. The fourth-order valence-corrected chi connectivity index (χ4v) is 6.24. The summed E-state index contributed by atoms with van der Waals surface area (Å²) in [6, 6.07) is 11.5. The van der Waals surface area contributed by atoms with Gasteiger partial charge in [0.25, 0.3) is 0 Å². The first kappa shape index (κ1) is 16.2. The van der Waals surface area contributed by atoms with Crippen molar-refractivity contribution in [2.24, 2.45) is 5.92 Å². The molecular weight excluding hydrogens is 250 g/mol. The molecule has 0 radical (unpaired) electrons. The Morgan fingerprint density at radius 2 is 1.84 bits per heavy atom. The lowest BCUT2D eigenvalue weighted by atomic mass is 10.1. The van der Waals surface area contributed by atoms with Gasteiger partial charge in [-0.15, -0.1) is 0 Å². The van der Waals surface area contributed by atoms with E-state index in [2.05, 4.69) is 32.7 Å². The summed E-state index contributed by atoms with van der Waals surface area (Å²) in [6.07, 6.45) is 3.08. The van der Waals surface area contributed by atoms with Gasteiger partial charge in [0.1, 0.15) is 0 Å². The summed E-state index contributed by atoms with van der Waals surface area (Å²) in [5, 5.41) is 0. The van der Waals surface area contributed by atoms with Crippen molar-refractivity contribution in [1.82, 2.24) is 4.98 Å². The van der Waals surface area contributed by atoms with Crippen molar-refractivity contribution in [3.05, 3.63) is 24.4 Å². The van der Waals surface area contributed by atoms with Crippen LogP contribution in [-0.2, 0) is 0 Å². The van der Waals surface area contributed by atoms with Gasteiger partial charge in [-0.2, -0.15) is 0 Å². The first-order valence-corrected chi connectivity index (χ1v) is 10.5. The zero-order valence-corrected chi connectivity index (χ0v) is 14.0. The zero-order chi connectivity index (χ0) is 14.1. The van der Waals surface area contributed by atoms with Gasteiger partial charge in [0.2, 0.25) is 5.88 Å². The predicted molar refractivity (Wildman–Crippen MR) is 85.5 cm³/mol. The maximum atomic E-state index is 5.74. The van der Waals surface area contributed by atoms with Crippen LogP contribution in [0.4, 0.5) is 0 Å². The molecule has 0 aromatic carbocycles. The lowest BCUT2D eigenvalue weighted by molar-refractivity contribution is 0.247. The van der Waals surface area contributed by atoms with Gasteiger partial charge in [0, 0.05) is 12.3 Å². The standard InChI is InChI=1S/C16H29NOSi/c1-5-19(6-2,7-3)13-11-15(4)14-18-16-10-8-9-12-17-16/h8-10,12,15H,5-7,11,13-14H2,1-4H3. The molecule has 0 spiro atoms. The van der Waals surface area contributed by atoms with Crippen LogP contribution in [-0.4, -0.2) is 19.7 Å². The number of hydrogen-bond acceptors (Lipinski definition) is 2. The van der Waals surface area contributed by atoms with Gasteiger partial charge >= 0.3 is 0 Å². The van der Waals surface area contributed by atoms with Gasteiger partial charge in [-0.3, -0.25) is 0 Å². The molecule has 0 bridgehead atoms. The molecule has 0 amide bonds. The highest BCUT2D eigenvalue weighted by Gasteiger charge is 2.26.